The van der Waals surface area contributed by atoms with Gasteiger partial charge >= 0.3 is 0 Å². The summed E-state index contributed by atoms with van der Waals surface area (Å²) in [6, 6.07) is 11.9. The van der Waals surface area contributed by atoms with E-state index in [9.17, 15) is 9.59 Å². The third-order valence-electron chi connectivity index (χ3n) is 5.44. The number of nitrogens with zero attached hydrogens (tertiary/aromatic N) is 3. The van der Waals surface area contributed by atoms with Crippen molar-refractivity contribution in [3.8, 4) is 0 Å². The van der Waals surface area contributed by atoms with Crippen LogP contribution in [0.2, 0.25) is 0 Å². The number of aromatic nitrogens is 2. The maximum absolute atomic E-state index is 13.0. The van der Waals surface area contributed by atoms with Gasteiger partial charge in [-0.3, -0.25) is 14.2 Å². The maximum atomic E-state index is 13.0. The number of hydrogen-bond acceptors (Lipinski definition) is 4. The Labute approximate surface area is 168 Å². The molecule has 0 spiro atoms. The second-order valence-electron chi connectivity index (χ2n) is 7.54. The molecule has 1 aliphatic rings. The van der Waals surface area contributed by atoms with Crippen molar-refractivity contribution in [2.45, 2.75) is 38.4 Å². The molecule has 1 aliphatic heterocycles. The lowest BCUT2D eigenvalue weighted by atomic mass is 10.0. The number of likely N-dealkylation sites (tertiary alicyclic amines) is 1. The minimum Gasteiger partial charge on any atom is -0.342 e. The average molecular weight is 396 g/mol. The summed E-state index contributed by atoms with van der Waals surface area (Å²) in [6.45, 7) is 6.33. The van der Waals surface area contributed by atoms with Gasteiger partial charge in [0.25, 0.3) is 5.56 Å². The van der Waals surface area contributed by atoms with Crippen LogP contribution in [0.25, 0.3) is 21.7 Å². The molecule has 0 bridgehead atoms. The summed E-state index contributed by atoms with van der Waals surface area (Å²) in [4.78, 5) is 32.4. The predicted octanol–water partition coefficient (Wildman–Crippen LogP) is 3.92. The SMILES string of the molecule is CCn1c(SCC(=O)N2CCC[C@@H](C)C2)nc2cc3ccccc3cc2c1=O. The Morgan fingerprint density at radius 1 is 1.25 bits per heavy atom. The molecule has 1 amide bonds. The van der Waals surface area contributed by atoms with Crippen molar-refractivity contribution in [3.63, 3.8) is 0 Å². The topological polar surface area (TPSA) is 55.2 Å². The van der Waals surface area contributed by atoms with Crippen LogP contribution in [0.1, 0.15) is 26.7 Å². The molecule has 2 heterocycles. The Balaban J connectivity index is 1.65. The van der Waals surface area contributed by atoms with Gasteiger partial charge < -0.3 is 4.90 Å². The van der Waals surface area contributed by atoms with Crippen molar-refractivity contribution in [3.05, 3.63) is 46.8 Å². The van der Waals surface area contributed by atoms with Crippen molar-refractivity contribution < 1.29 is 4.79 Å². The van der Waals surface area contributed by atoms with Crippen LogP contribution in [0, 0.1) is 5.92 Å². The van der Waals surface area contributed by atoms with Crippen LogP contribution in [0.15, 0.2) is 46.3 Å². The van der Waals surface area contributed by atoms with Gasteiger partial charge in [-0.25, -0.2) is 4.98 Å². The molecule has 0 radical (unpaired) electrons. The van der Waals surface area contributed by atoms with Gasteiger partial charge in [0.1, 0.15) is 0 Å². The van der Waals surface area contributed by atoms with E-state index in [0.717, 1.165) is 30.3 Å². The van der Waals surface area contributed by atoms with Gasteiger partial charge in [-0.2, -0.15) is 0 Å². The van der Waals surface area contributed by atoms with Crippen molar-refractivity contribution in [1.29, 1.82) is 0 Å². The van der Waals surface area contributed by atoms with Gasteiger partial charge in [-0.05, 0) is 48.6 Å². The highest BCUT2D eigenvalue weighted by Gasteiger charge is 2.21. The number of benzene rings is 2. The molecule has 0 unspecified atom stereocenters. The molecule has 4 rings (SSSR count). The predicted molar refractivity (Wildman–Crippen MR) is 115 cm³/mol. The highest BCUT2D eigenvalue weighted by molar-refractivity contribution is 7.99. The molecule has 0 saturated carbocycles. The highest BCUT2D eigenvalue weighted by Crippen LogP contribution is 2.24. The summed E-state index contributed by atoms with van der Waals surface area (Å²) in [7, 11) is 0. The lowest BCUT2D eigenvalue weighted by molar-refractivity contribution is -0.130. The normalized spacial score (nSPS) is 17.4. The van der Waals surface area contributed by atoms with E-state index in [1.165, 1.54) is 18.2 Å². The van der Waals surface area contributed by atoms with Crippen molar-refractivity contribution in [2.24, 2.45) is 5.92 Å². The van der Waals surface area contributed by atoms with Crippen LogP contribution < -0.4 is 5.56 Å². The Morgan fingerprint density at radius 2 is 2.00 bits per heavy atom. The number of rotatable bonds is 4. The lowest BCUT2D eigenvalue weighted by Crippen LogP contribution is -2.40. The summed E-state index contributed by atoms with van der Waals surface area (Å²) < 4.78 is 1.67. The monoisotopic (exact) mass is 395 g/mol. The van der Waals surface area contributed by atoms with Crippen molar-refractivity contribution in [2.75, 3.05) is 18.8 Å². The average Bonchev–Trinajstić information content (AvgIpc) is 2.71. The highest BCUT2D eigenvalue weighted by atomic mass is 32.2. The Bertz CT molecular complexity index is 1090. The summed E-state index contributed by atoms with van der Waals surface area (Å²) in [6.07, 6.45) is 2.25. The molecule has 1 aromatic heterocycles. The van der Waals surface area contributed by atoms with Crippen LogP contribution in [-0.4, -0.2) is 39.2 Å². The quantitative estimate of drug-likeness (QED) is 0.382. The number of hydrogen-bond donors (Lipinski definition) is 0. The van der Waals surface area contributed by atoms with Crippen molar-refractivity contribution >= 4 is 39.3 Å². The molecule has 3 aromatic rings. The minimum atomic E-state index is -0.0419. The minimum absolute atomic E-state index is 0.0419. The molecule has 6 heteroatoms. The lowest BCUT2D eigenvalue weighted by Gasteiger charge is -2.30. The second-order valence-corrected chi connectivity index (χ2v) is 8.48. The summed E-state index contributed by atoms with van der Waals surface area (Å²) in [5.74, 6) is 1.01. The van der Waals surface area contributed by atoms with Gasteiger partial charge in [0, 0.05) is 19.6 Å². The third kappa shape index (κ3) is 3.65. The molecule has 1 saturated heterocycles. The van der Waals surface area contributed by atoms with E-state index in [2.05, 4.69) is 6.92 Å². The molecular weight excluding hydrogens is 370 g/mol. The van der Waals surface area contributed by atoms with Crippen LogP contribution >= 0.6 is 11.8 Å². The largest absolute Gasteiger partial charge is 0.342 e. The van der Waals surface area contributed by atoms with Gasteiger partial charge in [-0.15, -0.1) is 0 Å². The van der Waals surface area contributed by atoms with E-state index in [1.807, 2.05) is 48.2 Å². The van der Waals surface area contributed by atoms with Crippen LogP contribution in [0.3, 0.4) is 0 Å². The Kier molecular flexibility index (Phi) is 5.40. The molecule has 28 heavy (non-hydrogen) atoms. The van der Waals surface area contributed by atoms with E-state index in [-0.39, 0.29) is 11.5 Å². The smallest absolute Gasteiger partial charge is 0.262 e. The first-order valence-corrected chi connectivity index (χ1v) is 10.9. The van der Waals surface area contributed by atoms with E-state index in [4.69, 9.17) is 4.98 Å². The van der Waals surface area contributed by atoms with E-state index < -0.39 is 0 Å². The number of carbonyl (C=O) groups excluding carboxylic acids is 1. The second kappa shape index (κ2) is 7.95. The fourth-order valence-electron chi connectivity index (χ4n) is 3.91. The standard InChI is InChI=1S/C22H25N3O2S/c1-3-25-21(27)18-11-16-8-4-5-9-17(16)12-19(18)23-22(25)28-14-20(26)24-10-6-7-15(2)13-24/h4-5,8-9,11-12,15H,3,6-7,10,13-14H2,1-2H3/t15-/m1/s1. The van der Waals surface area contributed by atoms with Gasteiger partial charge in [-0.1, -0.05) is 43.0 Å². The zero-order chi connectivity index (χ0) is 19.7. The van der Waals surface area contributed by atoms with Crippen LogP contribution in [0.4, 0.5) is 0 Å². The fourth-order valence-corrected chi connectivity index (χ4v) is 4.88. The first-order chi connectivity index (χ1) is 13.6. The van der Waals surface area contributed by atoms with E-state index >= 15 is 0 Å². The van der Waals surface area contributed by atoms with E-state index in [0.29, 0.717) is 34.3 Å². The molecule has 5 nitrogen and oxygen atoms in total. The molecule has 1 atom stereocenters. The molecule has 146 valence electrons. The first-order valence-electron chi connectivity index (χ1n) is 9.90. The zero-order valence-electron chi connectivity index (χ0n) is 16.4. The van der Waals surface area contributed by atoms with Crippen molar-refractivity contribution in [1.82, 2.24) is 14.5 Å². The number of piperidine rings is 1. The molecular formula is C22H25N3O2S. The Morgan fingerprint density at radius 3 is 2.71 bits per heavy atom. The van der Waals surface area contributed by atoms with E-state index in [1.54, 1.807) is 4.57 Å². The molecule has 0 aliphatic carbocycles. The Hall–Kier alpha value is -2.34. The number of thioether (sulfide) groups is 1. The molecule has 2 aromatic carbocycles. The zero-order valence-corrected chi connectivity index (χ0v) is 17.2. The van der Waals surface area contributed by atoms with Crippen LogP contribution in [0.5, 0.6) is 0 Å². The van der Waals surface area contributed by atoms with Crippen LogP contribution in [-0.2, 0) is 11.3 Å². The third-order valence-corrected chi connectivity index (χ3v) is 6.40. The summed E-state index contributed by atoms with van der Waals surface area (Å²) in [5, 5.41) is 3.34. The van der Waals surface area contributed by atoms with Gasteiger partial charge in [0.15, 0.2) is 5.16 Å². The molecule has 1 fully saturated rings. The maximum Gasteiger partial charge on any atom is 0.262 e. The van der Waals surface area contributed by atoms with Gasteiger partial charge in [0.2, 0.25) is 5.91 Å². The summed E-state index contributed by atoms with van der Waals surface area (Å²) >= 11 is 1.37. The fraction of sp³-hybridized carbons (Fsp3) is 0.409. The first kappa shape index (κ1) is 19.0. The number of carbonyl (C=O) groups is 1. The molecule has 0 N–H and O–H groups in total. The number of amides is 1. The van der Waals surface area contributed by atoms with Gasteiger partial charge in [0.05, 0.1) is 16.7 Å². The summed E-state index contributed by atoms with van der Waals surface area (Å²) in [5.41, 5.74) is 0.648. The number of fused-ring (bicyclic) bond motifs is 2.